The molecule has 0 aliphatic heterocycles. The molecule has 2 N–H and O–H groups in total. The minimum atomic E-state index is -0.335. The Bertz CT molecular complexity index is 427. The van der Waals surface area contributed by atoms with E-state index >= 15 is 0 Å². The molecule has 1 aliphatic rings. The number of hydrogen-bond donors (Lipinski definition) is 2. The second-order valence-corrected chi connectivity index (χ2v) is 5.83. The third kappa shape index (κ3) is 2.05. The molecule has 1 fully saturated rings. The summed E-state index contributed by atoms with van der Waals surface area (Å²) in [7, 11) is 1.55. The molecule has 2 rings (SSSR count). The lowest BCUT2D eigenvalue weighted by Gasteiger charge is -2.49. The van der Waals surface area contributed by atoms with Crippen molar-refractivity contribution in [2.24, 2.45) is 5.41 Å². The maximum absolute atomic E-state index is 12.0. The fourth-order valence-electron chi connectivity index (χ4n) is 1.99. The number of amides is 1. The van der Waals surface area contributed by atoms with Gasteiger partial charge < -0.3 is 15.2 Å². The summed E-state index contributed by atoms with van der Waals surface area (Å²) in [6.07, 6.45) is 0.282. The Kier molecular flexibility index (Phi) is 3.14. The van der Waals surface area contributed by atoms with Gasteiger partial charge in [-0.05, 0) is 17.9 Å². The van der Waals surface area contributed by atoms with Crippen LogP contribution in [0.25, 0.3) is 0 Å². The third-order valence-electron chi connectivity index (χ3n) is 3.58. The van der Waals surface area contributed by atoms with Crippen molar-refractivity contribution >= 4 is 17.2 Å². The van der Waals surface area contributed by atoms with Crippen molar-refractivity contribution < 1.29 is 14.6 Å². The zero-order valence-electron chi connectivity index (χ0n) is 10.2. The number of thiophene rings is 1. The maximum Gasteiger partial charge on any atom is 0.265 e. The highest BCUT2D eigenvalue weighted by atomic mass is 32.1. The topological polar surface area (TPSA) is 58.6 Å². The van der Waals surface area contributed by atoms with E-state index in [2.05, 4.69) is 5.32 Å². The van der Waals surface area contributed by atoms with Crippen molar-refractivity contribution in [2.45, 2.75) is 32.4 Å². The molecule has 94 valence electrons. The van der Waals surface area contributed by atoms with Crippen molar-refractivity contribution in [3.05, 3.63) is 16.3 Å². The molecular weight excluding hydrogens is 238 g/mol. The minimum Gasteiger partial charge on any atom is -0.495 e. The maximum atomic E-state index is 12.0. The Morgan fingerprint density at radius 1 is 1.65 bits per heavy atom. The number of aliphatic hydroxyl groups excluding tert-OH is 1. The highest BCUT2D eigenvalue weighted by Crippen LogP contribution is 2.40. The first-order chi connectivity index (χ1) is 7.96. The smallest absolute Gasteiger partial charge is 0.265 e. The molecule has 1 aromatic heterocycles. The quantitative estimate of drug-likeness (QED) is 0.863. The molecule has 1 heterocycles. The molecule has 4 nitrogen and oxygen atoms in total. The first-order valence-electron chi connectivity index (χ1n) is 5.57. The van der Waals surface area contributed by atoms with Crippen molar-refractivity contribution in [3.8, 4) is 5.75 Å². The molecule has 5 heteroatoms. The van der Waals surface area contributed by atoms with Crippen LogP contribution in [0.2, 0.25) is 0 Å². The van der Waals surface area contributed by atoms with E-state index in [1.807, 2.05) is 19.2 Å². The first-order valence-corrected chi connectivity index (χ1v) is 6.45. The van der Waals surface area contributed by atoms with Crippen molar-refractivity contribution in [1.29, 1.82) is 0 Å². The molecule has 0 aromatic carbocycles. The van der Waals surface area contributed by atoms with Gasteiger partial charge in [0.15, 0.2) is 0 Å². The summed E-state index contributed by atoms with van der Waals surface area (Å²) in [6, 6.07) is 1.80. The van der Waals surface area contributed by atoms with Gasteiger partial charge in [-0.3, -0.25) is 4.79 Å². The summed E-state index contributed by atoms with van der Waals surface area (Å²) in [5, 5.41) is 14.4. The van der Waals surface area contributed by atoms with Gasteiger partial charge >= 0.3 is 0 Å². The number of aliphatic hydroxyl groups is 1. The molecule has 1 aromatic rings. The average molecular weight is 255 g/mol. The van der Waals surface area contributed by atoms with Crippen LogP contribution < -0.4 is 10.1 Å². The van der Waals surface area contributed by atoms with E-state index in [1.54, 1.807) is 13.2 Å². The van der Waals surface area contributed by atoms with Crippen LogP contribution in [0.4, 0.5) is 0 Å². The molecule has 0 spiro atoms. The van der Waals surface area contributed by atoms with E-state index in [-0.39, 0.29) is 23.5 Å². The van der Waals surface area contributed by atoms with Gasteiger partial charge in [0.1, 0.15) is 10.6 Å². The third-order valence-corrected chi connectivity index (χ3v) is 4.47. The second-order valence-electron chi connectivity index (χ2n) is 4.92. The lowest BCUT2D eigenvalue weighted by Crippen LogP contribution is -2.61. The average Bonchev–Trinajstić information content (AvgIpc) is 2.76. The minimum absolute atomic E-state index is 0.0248. The van der Waals surface area contributed by atoms with Gasteiger partial charge in [0.2, 0.25) is 0 Å². The summed E-state index contributed by atoms with van der Waals surface area (Å²) in [4.78, 5) is 12.6. The monoisotopic (exact) mass is 255 g/mol. The first kappa shape index (κ1) is 12.4. The predicted molar refractivity (Wildman–Crippen MR) is 66.5 cm³/mol. The van der Waals surface area contributed by atoms with Crippen LogP contribution >= 0.6 is 11.3 Å². The largest absolute Gasteiger partial charge is 0.495 e. The Morgan fingerprint density at radius 2 is 2.35 bits per heavy atom. The number of rotatable bonds is 3. The van der Waals surface area contributed by atoms with Crippen LogP contribution in [0.3, 0.4) is 0 Å². The van der Waals surface area contributed by atoms with Crippen LogP contribution in [-0.2, 0) is 0 Å². The van der Waals surface area contributed by atoms with Gasteiger partial charge in [-0.15, -0.1) is 11.3 Å². The van der Waals surface area contributed by atoms with Crippen LogP contribution in [0.1, 0.15) is 29.9 Å². The molecule has 1 amide bonds. The summed E-state index contributed by atoms with van der Waals surface area (Å²) < 4.78 is 5.11. The Morgan fingerprint density at radius 3 is 2.88 bits per heavy atom. The molecule has 0 radical (unpaired) electrons. The standard InChI is InChI=1S/C12H17NO3S/c1-12(2)8(6-9(12)14)13-11(15)10-7(16-3)4-5-17-10/h4-5,8-9,14H,6H2,1-3H3,(H,13,15). The molecule has 0 saturated heterocycles. The zero-order chi connectivity index (χ0) is 12.6. The number of nitrogens with one attached hydrogen (secondary N) is 1. The molecule has 2 unspecified atom stereocenters. The Hall–Kier alpha value is -1.07. The summed E-state index contributed by atoms with van der Waals surface area (Å²) in [5.41, 5.74) is -0.250. The number of carbonyl (C=O) groups excluding carboxylic acids is 1. The van der Waals surface area contributed by atoms with Crippen molar-refractivity contribution in [1.82, 2.24) is 5.32 Å². The van der Waals surface area contributed by atoms with E-state index in [1.165, 1.54) is 11.3 Å². The number of carbonyl (C=O) groups is 1. The lowest BCUT2D eigenvalue weighted by molar-refractivity contribution is -0.0689. The lowest BCUT2D eigenvalue weighted by atomic mass is 9.64. The molecule has 17 heavy (non-hydrogen) atoms. The summed E-state index contributed by atoms with van der Waals surface area (Å²) in [5.74, 6) is 0.479. The Labute approximate surface area is 105 Å². The number of hydrogen-bond acceptors (Lipinski definition) is 4. The molecule has 1 aliphatic carbocycles. The van der Waals surface area contributed by atoms with Crippen LogP contribution in [0, 0.1) is 5.41 Å². The molecule has 2 atom stereocenters. The van der Waals surface area contributed by atoms with Crippen molar-refractivity contribution in [2.75, 3.05) is 7.11 Å². The summed E-state index contributed by atoms with van der Waals surface area (Å²) in [6.45, 7) is 3.91. The van der Waals surface area contributed by atoms with E-state index in [0.29, 0.717) is 17.0 Å². The SMILES string of the molecule is COc1ccsc1C(=O)NC1CC(O)C1(C)C. The second kappa shape index (κ2) is 4.31. The van der Waals surface area contributed by atoms with Gasteiger partial charge in [0.25, 0.3) is 5.91 Å². The van der Waals surface area contributed by atoms with E-state index < -0.39 is 0 Å². The van der Waals surface area contributed by atoms with Gasteiger partial charge in [-0.2, -0.15) is 0 Å². The van der Waals surface area contributed by atoms with Gasteiger partial charge in [0.05, 0.1) is 13.2 Å². The molecule has 0 bridgehead atoms. The van der Waals surface area contributed by atoms with E-state index in [0.717, 1.165) is 0 Å². The van der Waals surface area contributed by atoms with Crippen LogP contribution in [-0.4, -0.2) is 30.3 Å². The summed E-state index contributed by atoms with van der Waals surface area (Å²) >= 11 is 1.36. The molecule has 1 saturated carbocycles. The number of ether oxygens (including phenoxy) is 1. The normalized spacial score (nSPS) is 26.1. The van der Waals surface area contributed by atoms with Gasteiger partial charge in [-0.25, -0.2) is 0 Å². The van der Waals surface area contributed by atoms with Gasteiger partial charge in [0, 0.05) is 11.5 Å². The predicted octanol–water partition coefficient (Wildman–Crippen LogP) is 1.65. The van der Waals surface area contributed by atoms with Crippen LogP contribution in [0.15, 0.2) is 11.4 Å². The van der Waals surface area contributed by atoms with E-state index in [9.17, 15) is 9.90 Å². The highest BCUT2D eigenvalue weighted by molar-refractivity contribution is 7.12. The van der Waals surface area contributed by atoms with E-state index in [4.69, 9.17) is 4.74 Å². The Balaban J connectivity index is 2.04. The molecular formula is C12H17NO3S. The zero-order valence-corrected chi connectivity index (χ0v) is 11.0. The highest BCUT2D eigenvalue weighted by Gasteiger charge is 2.48. The fourth-order valence-corrected chi connectivity index (χ4v) is 2.76. The van der Waals surface area contributed by atoms with Crippen molar-refractivity contribution in [3.63, 3.8) is 0 Å². The van der Waals surface area contributed by atoms with Crippen LogP contribution in [0.5, 0.6) is 5.75 Å². The fraction of sp³-hybridized carbons (Fsp3) is 0.583. The van der Waals surface area contributed by atoms with Gasteiger partial charge in [-0.1, -0.05) is 13.8 Å². The number of methoxy groups -OCH3 is 1.